The quantitative estimate of drug-likeness (QED) is 0.506. The molecule has 72 valence electrons. The molecule has 0 aromatic heterocycles. The maximum atomic E-state index is 8.95. The Balaban J connectivity index is 1.96. The van der Waals surface area contributed by atoms with Crippen molar-refractivity contribution < 1.29 is 14.9 Å². The molecule has 1 fully saturated rings. The van der Waals surface area contributed by atoms with Gasteiger partial charge in [0, 0.05) is 0 Å². The number of aliphatic hydroxyl groups is 2. The first kappa shape index (κ1) is 9.92. The van der Waals surface area contributed by atoms with E-state index in [9.17, 15) is 0 Å². The summed E-state index contributed by atoms with van der Waals surface area (Å²) in [5.74, 6) is 0.598. The molecule has 0 aromatic rings. The van der Waals surface area contributed by atoms with Gasteiger partial charge in [-0.15, -0.1) is 0 Å². The monoisotopic (exact) mass is 175 g/mol. The lowest BCUT2D eigenvalue weighted by molar-refractivity contribution is -0.0721. The molecule has 1 saturated carbocycles. The third-order valence-corrected chi connectivity index (χ3v) is 2.26. The summed E-state index contributed by atoms with van der Waals surface area (Å²) in [6.45, 7) is 0.730. The second-order valence-corrected chi connectivity index (χ2v) is 3.36. The van der Waals surface area contributed by atoms with Gasteiger partial charge >= 0.3 is 0 Å². The van der Waals surface area contributed by atoms with Crippen LogP contribution in [0.25, 0.3) is 0 Å². The van der Waals surface area contributed by atoms with Crippen molar-refractivity contribution in [3.8, 4) is 0 Å². The molecule has 12 heavy (non-hydrogen) atoms. The third-order valence-electron chi connectivity index (χ3n) is 2.26. The first-order chi connectivity index (χ1) is 5.76. The van der Waals surface area contributed by atoms with Crippen LogP contribution in [0.4, 0.5) is 0 Å². The number of rotatable bonds is 5. The van der Waals surface area contributed by atoms with Gasteiger partial charge in [-0.3, -0.25) is 0 Å². The van der Waals surface area contributed by atoms with Gasteiger partial charge in [-0.2, -0.15) is 0 Å². The first-order valence-corrected chi connectivity index (χ1v) is 4.36. The minimum atomic E-state index is -0.734. The van der Waals surface area contributed by atoms with Gasteiger partial charge in [-0.05, 0) is 25.3 Å². The smallest absolute Gasteiger partial charge is 0.100 e. The van der Waals surface area contributed by atoms with Crippen LogP contribution in [0.5, 0.6) is 0 Å². The van der Waals surface area contributed by atoms with Gasteiger partial charge < -0.3 is 20.7 Å². The number of aliphatic hydroxyl groups excluding tert-OH is 2. The second-order valence-electron chi connectivity index (χ2n) is 3.36. The predicted octanol–water partition coefficient (Wildman–Crippen LogP) is -0.907. The van der Waals surface area contributed by atoms with Crippen molar-refractivity contribution in [1.82, 2.24) is 0 Å². The van der Waals surface area contributed by atoms with Crippen molar-refractivity contribution in [2.45, 2.75) is 25.0 Å². The van der Waals surface area contributed by atoms with E-state index in [4.69, 9.17) is 20.7 Å². The summed E-state index contributed by atoms with van der Waals surface area (Å²) in [4.78, 5) is 0. The predicted molar refractivity (Wildman–Crippen MR) is 44.6 cm³/mol. The van der Waals surface area contributed by atoms with Gasteiger partial charge in [0.05, 0.1) is 19.3 Å². The van der Waals surface area contributed by atoms with Crippen LogP contribution < -0.4 is 5.73 Å². The van der Waals surface area contributed by atoms with Crippen LogP contribution in [0.1, 0.15) is 12.8 Å². The third kappa shape index (κ3) is 2.71. The minimum absolute atomic E-state index is 0.229. The Morgan fingerprint density at radius 3 is 2.67 bits per heavy atom. The molecule has 1 rings (SSSR count). The van der Waals surface area contributed by atoms with Crippen LogP contribution in [-0.4, -0.2) is 42.2 Å². The van der Waals surface area contributed by atoms with Gasteiger partial charge in [0.15, 0.2) is 0 Å². The fourth-order valence-corrected chi connectivity index (χ4v) is 1.30. The number of ether oxygens (including phenoxy) is 1. The molecule has 0 aliphatic heterocycles. The van der Waals surface area contributed by atoms with E-state index >= 15 is 0 Å². The standard InChI is InChI=1S/C8H17NO3/c9-3-6-1-8(2-6)12-5-7(11)4-10/h6-8,10-11H,1-5,9H2. The van der Waals surface area contributed by atoms with Gasteiger partial charge in [-0.1, -0.05) is 0 Å². The van der Waals surface area contributed by atoms with Crippen LogP contribution in [-0.2, 0) is 4.74 Å². The summed E-state index contributed by atoms with van der Waals surface area (Å²) in [5, 5.41) is 17.4. The zero-order valence-electron chi connectivity index (χ0n) is 7.15. The normalized spacial score (nSPS) is 31.2. The Bertz CT molecular complexity index is 125. The summed E-state index contributed by atoms with van der Waals surface area (Å²) in [6.07, 6.45) is 1.50. The summed E-state index contributed by atoms with van der Waals surface area (Å²) < 4.78 is 5.30. The highest BCUT2D eigenvalue weighted by atomic mass is 16.5. The lowest BCUT2D eigenvalue weighted by atomic mass is 9.82. The molecule has 0 radical (unpaired) electrons. The molecule has 1 atom stereocenters. The van der Waals surface area contributed by atoms with E-state index < -0.39 is 6.10 Å². The van der Waals surface area contributed by atoms with E-state index in [1.165, 1.54) is 0 Å². The zero-order chi connectivity index (χ0) is 8.97. The average molecular weight is 175 g/mol. The van der Waals surface area contributed by atoms with E-state index in [1.807, 2.05) is 0 Å². The van der Waals surface area contributed by atoms with Gasteiger partial charge in [0.1, 0.15) is 6.10 Å². The van der Waals surface area contributed by atoms with Crippen LogP contribution in [0, 0.1) is 5.92 Å². The van der Waals surface area contributed by atoms with E-state index in [2.05, 4.69) is 0 Å². The number of hydrogen-bond acceptors (Lipinski definition) is 4. The van der Waals surface area contributed by atoms with Crippen molar-refractivity contribution in [2.75, 3.05) is 19.8 Å². The number of nitrogens with two attached hydrogens (primary N) is 1. The van der Waals surface area contributed by atoms with E-state index in [0.29, 0.717) is 5.92 Å². The lowest BCUT2D eigenvalue weighted by Gasteiger charge is -2.34. The van der Waals surface area contributed by atoms with Crippen LogP contribution >= 0.6 is 0 Å². The molecule has 1 unspecified atom stereocenters. The molecular formula is C8H17NO3. The Labute approximate surface area is 72.3 Å². The lowest BCUT2D eigenvalue weighted by Crippen LogP contribution is -2.37. The molecule has 4 N–H and O–H groups in total. The molecule has 0 heterocycles. The molecule has 0 spiro atoms. The largest absolute Gasteiger partial charge is 0.394 e. The molecule has 1 aliphatic carbocycles. The van der Waals surface area contributed by atoms with Crippen molar-refractivity contribution in [1.29, 1.82) is 0 Å². The molecule has 1 aliphatic rings. The van der Waals surface area contributed by atoms with Crippen molar-refractivity contribution in [3.63, 3.8) is 0 Å². The summed E-state index contributed by atoms with van der Waals surface area (Å²) >= 11 is 0. The fourth-order valence-electron chi connectivity index (χ4n) is 1.30. The highest BCUT2D eigenvalue weighted by molar-refractivity contribution is 4.80. The van der Waals surface area contributed by atoms with E-state index in [-0.39, 0.29) is 19.3 Å². The van der Waals surface area contributed by atoms with Gasteiger partial charge in [0.25, 0.3) is 0 Å². The Kier molecular flexibility index (Phi) is 3.94. The molecule has 0 saturated heterocycles. The number of hydrogen-bond donors (Lipinski definition) is 3. The molecular weight excluding hydrogens is 158 g/mol. The molecule has 0 amide bonds. The van der Waals surface area contributed by atoms with E-state index in [1.54, 1.807) is 0 Å². The molecule has 0 bridgehead atoms. The summed E-state index contributed by atoms with van der Waals surface area (Å²) in [5.41, 5.74) is 5.43. The van der Waals surface area contributed by atoms with Crippen molar-refractivity contribution in [2.24, 2.45) is 11.7 Å². The van der Waals surface area contributed by atoms with E-state index in [0.717, 1.165) is 19.4 Å². The molecule has 4 heteroatoms. The van der Waals surface area contributed by atoms with Crippen LogP contribution in [0.2, 0.25) is 0 Å². The maximum absolute atomic E-state index is 8.95. The second kappa shape index (κ2) is 4.77. The highest BCUT2D eigenvalue weighted by Gasteiger charge is 2.28. The Hall–Kier alpha value is -0.160. The average Bonchev–Trinajstić information content (AvgIpc) is 2.01. The highest BCUT2D eigenvalue weighted by Crippen LogP contribution is 2.28. The Morgan fingerprint density at radius 1 is 1.50 bits per heavy atom. The molecule has 0 aromatic carbocycles. The Morgan fingerprint density at radius 2 is 2.17 bits per heavy atom. The zero-order valence-corrected chi connectivity index (χ0v) is 7.15. The molecule has 4 nitrogen and oxygen atoms in total. The summed E-state index contributed by atoms with van der Waals surface area (Å²) in [7, 11) is 0. The first-order valence-electron chi connectivity index (χ1n) is 4.36. The van der Waals surface area contributed by atoms with Crippen molar-refractivity contribution >= 4 is 0 Å². The van der Waals surface area contributed by atoms with Crippen molar-refractivity contribution in [3.05, 3.63) is 0 Å². The fraction of sp³-hybridized carbons (Fsp3) is 1.00. The van der Waals surface area contributed by atoms with Gasteiger partial charge in [0.2, 0.25) is 0 Å². The topological polar surface area (TPSA) is 75.7 Å². The summed E-state index contributed by atoms with van der Waals surface area (Å²) in [6, 6.07) is 0. The van der Waals surface area contributed by atoms with Gasteiger partial charge in [-0.25, -0.2) is 0 Å². The SMILES string of the molecule is NCC1CC(OCC(O)CO)C1. The maximum Gasteiger partial charge on any atom is 0.100 e. The van der Waals surface area contributed by atoms with Crippen LogP contribution in [0.15, 0.2) is 0 Å². The minimum Gasteiger partial charge on any atom is -0.394 e. The van der Waals surface area contributed by atoms with Crippen LogP contribution in [0.3, 0.4) is 0 Å².